The highest BCUT2D eigenvalue weighted by atomic mass is 16.5. The molecule has 1 heterocycles. The highest BCUT2D eigenvalue weighted by Gasteiger charge is 1.93. The van der Waals surface area contributed by atoms with Crippen molar-refractivity contribution >= 4 is 5.82 Å². The van der Waals surface area contributed by atoms with Crippen molar-refractivity contribution in [2.24, 2.45) is 0 Å². The average Bonchev–Trinajstić information content (AvgIpc) is 2.26. The molecule has 5 heteroatoms. The first-order valence-corrected chi connectivity index (χ1v) is 4.94. The number of hydrogen-bond acceptors (Lipinski definition) is 5. The number of ether oxygens (including phenoxy) is 2. The Labute approximate surface area is 89.8 Å². The second kappa shape index (κ2) is 7.14. The number of methoxy groups -OCH3 is 1. The Morgan fingerprint density at radius 2 is 2.07 bits per heavy atom. The molecule has 0 aromatic carbocycles. The fourth-order valence-corrected chi connectivity index (χ4v) is 0.989. The molecule has 0 fully saturated rings. The molecule has 0 bridgehead atoms. The van der Waals surface area contributed by atoms with Crippen molar-refractivity contribution in [1.29, 1.82) is 0 Å². The quantitative estimate of drug-likeness (QED) is 0.678. The maximum absolute atomic E-state index is 5.28. The molecule has 0 amide bonds. The van der Waals surface area contributed by atoms with Crippen molar-refractivity contribution in [3.63, 3.8) is 0 Å². The monoisotopic (exact) mass is 211 g/mol. The number of anilines is 1. The molecule has 0 unspecified atom stereocenters. The normalized spacial score (nSPS) is 10.3. The highest BCUT2D eigenvalue weighted by Crippen LogP contribution is 1.99. The summed E-state index contributed by atoms with van der Waals surface area (Å²) in [5.41, 5.74) is 0.914. The first-order chi connectivity index (χ1) is 7.33. The predicted molar refractivity (Wildman–Crippen MR) is 58.0 cm³/mol. The van der Waals surface area contributed by atoms with E-state index >= 15 is 0 Å². The summed E-state index contributed by atoms with van der Waals surface area (Å²) in [6.45, 7) is 4.52. The molecular formula is C10H17N3O2. The summed E-state index contributed by atoms with van der Waals surface area (Å²) in [4.78, 5) is 0. The average molecular weight is 211 g/mol. The van der Waals surface area contributed by atoms with Crippen molar-refractivity contribution in [2.45, 2.75) is 6.92 Å². The molecule has 15 heavy (non-hydrogen) atoms. The summed E-state index contributed by atoms with van der Waals surface area (Å²) in [6, 6.07) is 3.82. The minimum absolute atomic E-state index is 0.623. The van der Waals surface area contributed by atoms with E-state index in [2.05, 4.69) is 15.5 Å². The van der Waals surface area contributed by atoms with Crippen LogP contribution in [0.4, 0.5) is 5.82 Å². The Kier molecular flexibility index (Phi) is 5.65. The van der Waals surface area contributed by atoms with Gasteiger partial charge in [-0.1, -0.05) is 0 Å². The lowest BCUT2D eigenvalue weighted by atomic mass is 10.4. The minimum atomic E-state index is 0.623. The summed E-state index contributed by atoms with van der Waals surface area (Å²) in [6.07, 6.45) is 0. The summed E-state index contributed by atoms with van der Waals surface area (Å²) in [5, 5.41) is 11.0. The largest absolute Gasteiger partial charge is 0.382 e. The van der Waals surface area contributed by atoms with Crippen LogP contribution >= 0.6 is 0 Å². The van der Waals surface area contributed by atoms with Gasteiger partial charge in [0.15, 0.2) is 0 Å². The van der Waals surface area contributed by atoms with Gasteiger partial charge in [-0.25, -0.2) is 0 Å². The minimum Gasteiger partial charge on any atom is -0.382 e. The first kappa shape index (κ1) is 11.9. The van der Waals surface area contributed by atoms with Crippen molar-refractivity contribution < 1.29 is 9.47 Å². The number of nitrogens with zero attached hydrogens (tertiary/aromatic N) is 2. The molecule has 0 aliphatic heterocycles. The maximum atomic E-state index is 5.28. The van der Waals surface area contributed by atoms with Gasteiger partial charge >= 0.3 is 0 Å². The van der Waals surface area contributed by atoms with Gasteiger partial charge in [-0.15, -0.1) is 5.10 Å². The van der Waals surface area contributed by atoms with E-state index in [1.54, 1.807) is 7.11 Å². The Bertz CT molecular complexity index is 264. The Hall–Kier alpha value is -1.20. The number of aromatic nitrogens is 2. The number of nitrogens with one attached hydrogen (secondary N) is 1. The third-order valence-electron chi connectivity index (χ3n) is 1.78. The van der Waals surface area contributed by atoms with E-state index < -0.39 is 0 Å². The van der Waals surface area contributed by atoms with Crippen LogP contribution < -0.4 is 5.32 Å². The molecule has 0 saturated heterocycles. The maximum Gasteiger partial charge on any atom is 0.148 e. The lowest BCUT2D eigenvalue weighted by molar-refractivity contribution is 0.0759. The zero-order valence-corrected chi connectivity index (χ0v) is 9.19. The molecule has 0 aliphatic carbocycles. The molecule has 1 N–H and O–H groups in total. The molecule has 0 radical (unpaired) electrons. The molecule has 0 aliphatic rings. The van der Waals surface area contributed by atoms with Gasteiger partial charge in [0.1, 0.15) is 5.82 Å². The van der Waals surface area contributed by atoms with E-state index in [0.717, 1.165) is 18.1 Å². The van der Waals surface area contributed by atoms with Crippen LogP contribution in [-0.4, -0.2) is 43.7 Å². The second-order valence-corrected chi connectivity index (χ2v) is 3.09. The van der Waals surface area contributed by atoms with Crippen LogP contribution in [0.2, 0.25) is 0 Å². The van der Waals surface area contributed by atoms with Gasteiger partial charge in [-0.05, 0) is 19.1 Å². The van der Waals surface area contributed by atoms with Crippen LogP contribution in [0.25, 0.3) is 0 Å². The molecular weight excluding hydrogens is 194 g/mol. The Balaban J connectivity index is 2.07. The van der Waals surface area contributed by atoms with Gasteiger partial charge in [-0.3, -0.25) is 0 Å². The fourth-order valence-electron chi connectivity index (χ4n) is 0.989. The molecule has 0 spiro atoms. The topological polar surface area (TPSA) is 56.3 Å². The number of aryl methyl sites for hydroxylation is 1. The lowest BCUT2D eigenvalue weighted by Gasteiger charge is -2.05. The van der Waals surface area contributed by atoms with Crippen LogP contribution in [0, 0.1) is 6.92 Å². The SMILES string of the molecule is COCCOCCNc1ccc(C)nn1. The summed E-state index contributed by atoms with van der Waals surface area (Å²) in [5.74, 6) is 0.774. The lowest BCUT2D eigenvalue weighted by Crippen LogP contribution is -2.12. The van der Waals surface area contributed by atoms with E-state index in [1.807, 2.05) is 19.1 Å². The van der Waals surface area contributed by atoms with E-state index in [9.17, 15) is 0 Å². The van der Waals surface area contributed by atoms with Gasteiger partial charge in [0.05, 0.1) is 25.5 Å². The predicted octanol–water partition coefficient (Wildman–Crippen LogP) is 0.860. The van der Waals surface area contributed by atoms with Gasteiger partial charge in [-0.2, -0.15) is 5.10 Å². The molecule has 84 valence electrons. The third-order valence-corrected chi connectivity index (χ3v) is 1.78. The Morgan fingerprint density at radius 3 is 2.73 bits per heavy atom. The third kappa shape index (κ3) is 5.29. The Morgan fingerprint density at radius 1 is 1.20 bits per heavy atom. The molecule has 5 nitrogen and oxygen atoms in total. The molecule has 1 rings (SSSR count). The zero-order chi connectivity index (χ0) is 10.9. The van der Waals surface area contributed by atoms with Crippen molar-refractivity contribution in [1.82, 2.24) is 10.2 Å². The van der Waals surface area contributed by atoms with Gasteiger partial charge in [0.25, 0.3) is 0 Å². The standard InChI is InChI=1S/C10H17N3O2/c1-9-3-4-10(13-12-9)11-5-6-15-8-7-14-2/h3-4H,5-8H2,1-2H3,(H,11,13). The van der Waals surface area contributed by atoms with Crippen LogP contribution in [0.1, 0.15) is 5.69 Å². The number of rotatable bonds is 7. The van der Waals surface area contributed by atoms with Crippen molar-refractivity contribution in [3.05, 3.63) is 17.8 Å². The summed E-state index contributed by atoms with van der Waals surface area (Å²) < 4.78 is 10.1. The van der Waals surface area contributed by atoms with E-state index in [4.69, 9.17) is 9.47 Å². The highest BCUT2D eigenvalue weighted by molar-refractivity contribution is 5.32. The van der Waals surface area contributed by atoms with Crippen LogP contribution in [-0.2, 0) is 9.47 Å². The van der Waals surface area contributed by atoms with Crippen molar-refractivity contribution in [3.8, 4) is 0 Å². The smallest absolute Gasteiger partial charge is 0.148 e. The zero-order valence-electron chi connectivity index (χ0n) is 9.19. The van der Waals surface area contributed by atoms with E-state index in [1.165, 1.54) is 0 Å². The van der Waals surface area contributed by atoms with E-state index in [0.29, 0.717) is 19.8 Å². The van der Waals surface area contributed by atoms with Crippen LogP contribution in [0.5, 0.6) is 0 Å². The van der Waals surface area contributed by atoms with Gasteiger partial charge in [0, 0.05) is 13.7 Å². The van der Waals surface area contributed by atoms with Gasteiger partial charge < -0.3 is 14.8 Å². The molecule has 1 aromatic heterocycles. The fraction of sp³-hybridized carbons (Fsp3) is 0.600. The van der Waals surface area contributed by atoms with Crippen LogP contribution in [0.3, 0.4) is 0 Å². The molecule has 0 saturated carbocycles. The number of hydrogen-bond donors (Lipinski definition) is 1. The summed E-state index contributed by atoms with van der Waals surface area (Å²) >= 11 is 0. The van der Waals surface area contributed by atoms with Crippen LogP contribution in [0.15, 0.2) is 12.1 Å². The summed E-state index contributed by atoms with van der Waals surface area (Å²) in [7, 11) is 1.66. The van der Waals surface area contributed by atoms with Crippen molar-refractivity contribution in [2.75, 3.05) is 38.8 Å². The van der Waals surface area contributed by atoms with E-state index in [-0.39, 0.29) is 0 Å². The first-order valence-electron chi connectivity index (χ1n) is 4.94. The molecule has 0 atom stereocenters. The van der Waals surface area contributed by atoms with Gasteiger partial charge in [0.2, 0.25) is 0 Å². The second-order valence-electron chi connectivity index (χ2n) is 3.09. The molecule has 1 aromatic rings.